The van der Waals surface area contributed by atoms with Crippen LogP contribution in [-0.4, -0.2) is 38.4 Å². The van der Waals surface area contributed by atoms with E-state index in [9.17, 15) is 20.0 Å². The summed E-state index contributed by atoms with van der Waals surface area (Å²) in [5.41, 5.74) is 0.439. The van der Waals surface area contributed by atoms with Crippen molar-refractivity contribution in [3.05, 3.63) is 57.9 Å². The van der Waals surface area contributed by atoms with Gasteiger partial charge in [-0.15, -0.1) is 0 Å². The molecule has 1 amide bonds. The van der Waals surface area contributed by atoms with Crippen molar-refractivity contribution < 1.29 is 14.8 Å². The Morgan fingerprint density at radius 1 is 1.45 bits per heavy atom. The number of hydrogen-bond acceptors (Lipinski definition) is 5. The van der Waals surface area contributed by atoms with Gasteiger partial charge >= 0.3 is 5.69 Å². The summed E-state index contributed by atoms with van der Waals surface area (Å²) >= 11 is 0. The Balaban J connectivity index is 2.13. The van der Waals surface area contributed by atoms with Gasteiger partial charge in [-0.05, 0) is 12.0 Å². The van der Waals surface area contributed by atoms with E-state index in [1.54, 1.807) is 0 Å². The molecule has 0 aliphatic rings. The first kappa shape index (κ1) is 15.6. The Bertz CT molecular complexity index is 669. The first-order valence-corrected chi connectivity index (χ1v) is 6.65. The van der Waals surface area contributed by atoms with Crippen LogP contribution in [0.15, 0.2) is 36.5 Å². The summed E-state index contributed by atoms with van der Waals surface area (Å²) in [4.78, 5) is 22.5. The number of aryl methyl sites for hydroxylation is 1. The SMILES string of the molecule is Cn1ncc([N+](=O)[O-])c1C(=O)NC(CO)Cc1ccccc1. The number of aliphatic hydroxyl groups is 1. The van der Waals surface area contributed by atoms with Gasteiger partial charge in [0.2, 0.25) is 5.69 Å². The second-order valence-corrected chi connectivity index (χ2v) is 4.80. The van der Waals surface area contributed by atoms with Crippen molar-refractivity contribution >= 4 is 11.6 Å². The fourth-order valence-corrected chi connectivity index (χ4v) is 2.14. The van der Waals surface area contributed by atoms with Gasteiger partial charge in [0, 0.05) is 7.05 Å². The van der Waals surface area contributed by atoms with E-state index in [2.05, 4.69) is 10.4 Å². The lowest BCUT2D eigenvalue weighted by molar-refractivity contribution is -0.385. The summed E-state index contributed by atoms with van der Waals surface area (Å²) in [5, 5.41) is 26.6. The van der Waals surface area contributed by atoms with Gasteiger partial charge in [0.05, 0.1) is 17.6 Å². The minimum Gasteiger partial charge on any atom is -0.394 e. The molecule has 22 heavy (non-hydrogen) atoms. The van der Waals surface area contributed by atoms with Crippen LogP contribution in [0.25, 0.3) is 0 Å². The monoisotopic (exact) mass is 304 g/mol. The predicted octanol–water partition coefficient (Wildman–Crippen LogP) is 0.662. The molecule has 2 N–H and O–H groups in total. The Labute approximate surface area is 126 Å². The van der Waals surface area contributed by atoms with E-state index in [1.165, 1.54) is 7.05 Å². The zero-order chi connectivity index (χ0) is 16.1. The standard InChI is InChI=1S/C14H16N4O4/c1-17-13(12(8-15-17)18(21)22)14(20)16-11(9-19)7-10-5-3-2-4-6-10/h2-6,8,11,19H,7,9H2,1H3,(H,16,20). The van der Waals surface area contributed by atoms with Crippen molar-refractivity contribution in [3.63, 3.8) is 0 Å². The molecule has 2 aromatic rings. The molecular weight excluding hydrogens is 288 g/mol. The molecule has 0 aliphatic carbocycles. The molecule has 0 radical (unpaired) electrons. The van der Waals surface area contributed by atoms with Gasteiger partial charge in [-0.1, -0.05) is 30.3 Å². The Morgan fingerprint density at radius 2 is 2.14 bits per heavy atom. The van der Waals surface area contributed by atoms with E-state index in [4.69, 9.17) is 0 Å². The third kappa shape index (κ3) is 3.47. The summed E-state index contributed by atoms with van der Waals surface area (Å²) in [7, 11) is 1.45. The summed E-state index contributed by atoms with van der Waals surface area (Å²) in [5.74, 6) is -0.637. The van der Waals surface area contributed by atoms with Gasteiger partial charge in [-0.2, -0.15) is 5.10 Å². The lowest BCUT2D eigenvalue weighted by Crippen LogP contribution is -2.40. The number of aromatic nitrogens is 2. The van der Waals surface area contributed by atoms with Gasteiger partial charge in [0.15, 0.2) is 0 Å². The number of rotatable bonds is 6. The predicted molar refractivity (Wildman–Crippen MR) is 78.3 cm³/mol. The Kier molecular flexibility index (Phi) is 4.84. The van der Waals surface area contributed by atoms with Gasteiger partial charge in [-0.3, -0.25) is 19.6 Å². The lowest BCUT2D eigenvalue weighted by Gasteiger charge is -2.16. The van der Waals surface area contributed by atoms with E-state index in [1.807, 2.05) is 30.3 Å². The topological polar surface area (TPSA) is 110 Å². The highest BCUT2D eigenvalue weighted by atomic mass is 16.6. The molecule has 0 aliphatic heterocycles. The van der Waals surface area contributed by atoms with Crippen LogP contribution in [0.1, 0.15) is 16.1 Å². The fraction of sp³-hybridized carbons (Fsp3) is 0.286. The second-order valence-electron chi connectivity index (χ2n) is 4.80. The maximum Gasteiger partial charge on any atom is 0.320 e. The molecule has 1 unspecified atom stereocenters. The molecule has 0 saturated carbocycles. The molecule has 1 aromatic carbocycles. The summed E-state index contributed by atoms with van der Waals surface area (Å²) in [6.07, 6.45) is 1.45. The average molecular weight is 304 g/mol. The zero-order valence-electron chi connectivity index (χ0n) is 12.0. The van der Waals surface area contributed by atoms with E-state index >= 15 is 0 Å². The van der Waals surface area contributed by atoms with E-state index < -0.39 is 16.9 Å². The van der Waals surface area contributed by atoms with Crippen molar-refractivity contribution in [1.82, 2.24) is 15.1 Å². The molecule has 2 rings (SSSR count). The molecule has 0 bridgehead atoms. The molecule has 8 nitrogen and oxygen atoms in total. The fourth-order valence-electron chi connectivity index (χ4n) is 2.14. The van der Waals surface area contributed by atoms with Gasteiger partial charge in [-0.25, -0.2) is 0 Å². The number of nitrogens with zero attached hydrogens (tertiary/aromatic N) is 3. The zero-order valence-corrected chi connectivity index (χ0v) is 12.0. The third-order valence-corrected chi connectivity index (χ3v) is 3.21. The van der Waals surface area contributed by atoms with Crippen LogP contribution in [0.5, 0.6) is 0 Å². The highest BCUT2D eigenvalue weighted by Gasteiger charge is 2.26. The first-order valence-electron chi connectivity index (χ1n) is 6.65. The second kappa shape index (κ2) is 6.81. The molecule has 0 spiro atoms. The third-order valence-electron chi connectivity index (χ3n) is 3.21. The number of amides is 1. The quantitative estimate of drug-likeness (QED) is 0.601. The van der Waals surface area contributed by atoms with Crippen LogP contribution in [0.3, 0.4) is 0 Å². The molecule has 8 heteroatoms. The van der Waals surface area contributed by atoms with Gasteiger partial charge in [0.25, 0.3) is 5.91 Å². The van der Waals surface area contributed by atoms with Crippen molar-refractivity contribution in [2.45, 2.75) is 12.5 Å². The molecule has 0 fully saturated rings. The number of hydrogen-bond donors (Lipinski definition) is 2. The van der Waals surface area contributed by atoms with Crippen LogP contribution >= 0.6 is 0 Å². The number of nitrogens with one attached hydrogen (secondary N) is 1. The van der Waals surface area contributed by atoms with Crippen LogP contribution in [-0.2, 0) is 13.5 Å². The van der Waals surface area contributed by atoms with Gasteiger partial charge < -0.3 is 10.4 Å². The maximum atomic E-state index is 12.2. The molecule has 1 heterocycles. The minimum absolute atomic E-state index is 0.142. The largest absolute Gasteiger partial charge is 0.394 e. The molecule has 0 saturated heterocycles. The minimum atomic E-state index is -0.660. The number of carbonyl (C=O) groups excluding carboxylic acids is 1. The Hall–Kier alpha value is -2.74. The maximum absolute atomic E-state index is 12.2. The van der Waals surface area contributed by atoms with Crippen LogP contribution in [0.4, 0.5) is 5.69 Å². The number of carbonyl (C=O) groups is 1. The average Bonchev–Trinajstić information content (AvgIpc) is 2.89. The summed E-state index contributed by atoms with van der Waals surface area (Å²) in [6.45, 7) is -0.272. The van der Waals surface area contributed by atoms with Gasteiger partial charge in [0.1, 0.15) is 6.20 Å². The van der Waals surface area contributed by atoms with Crippen molar-refractivity contribution in [2.24, 2.45) is 7.05 Å². The summed E-state index contributed by atoms with van der Waals surface area (Å²) < 4.78 is 1.14. The highest BCUT2D eigenvalue weighted by Crippen LogP contribution is 2.17. The number of nitro groups is 1. The lowest BCUT2D eigenvalue weighted by atomic mass is 10.1. The Morgan fingerprint density at radius 3 is 2.73 bits per heavy atom. The van der Waals surface area contributed by atoms with Crippen LogP contribution in [0.2, 0.25) is 0 Å². The van der Waals surface area contributed by atoms with Crippen LogP contribution in [0, 0.1) is 10.1 Å². The molecule has 116 valence electrons. The normalized spacial score (nSPS) is 11.9. The van der Waals surface area contributed by atoms with Crippen molar-refractivity contribution in [3.8, 4) is 0 Å². The van der Waals surface area contributed by atoms with Crippen molar-refractivity contribution in [1.29, 1.82) is 0 Å². The number of aliphatic hydroxyl groups excluding tert-OH is 1. The first-order chi connectivity index (χ1) is 10.5. The smallest absolute Gasteiger partial charge is 0.320 e. The molecule has 1 atom stereocenters. The molecule has 1 aromatic heterocycles. The molecular formula is C14H16N4O4. The van der Waals surface area contributed by atoms with E-state index in [-0.39, 0.29) is 18.0 Å². The van der Waals surface area contributed by atoms with E-state index in [0.29, 0.717) is 6.42 Å². The number of benzene rings is 1. The highest BCUT2D eigenvalue weighted by molar-refractivity contribution is 5.96. The summed E-state index contributed by atoms with van der Waals surface area (Å²) in [6, 6.07) is 8.80. The van der Waals surface area contributed by atoms with Crippen molar-refractivity contribution in [2.75, 3.05) is 6.61 Å². The van der Waals surface area contributed by atoms with Crippen LogP contribution < -0.4 is 5.32 Å². The van der Waals surface area contributed by atoms with E-state index in [0.717, 1.165) is 16.4 Å².